The lowest BCUT2D eigenvalue weighted by atomic mass is 10.3. The highest BCUT2D eigenvalue weighted by atomic mass is 79.9. The Morgan fingerprint density at radius 1 is 1.38 bits per heavy atom. The van der Waals surface area contributed by atoms with Crippen molar-refractivity contribution in [2.75, 3.05) is 51.3 Å². The third-order valence-electron chi connectivity index (χ3n) is 3.37. The van der Waals surface area contributed by atoms with Crippen molar-refractivity contribution in [1.29, 1.82) is 0 Å². The zero-order valence-corrected chi connectivity index (χ0v) is 13.5. The van der Waals surface area contributed by atoms with E-state index in [4.69, 9.17) is 9.84 Å². The number of aliphatic hydroxyl groups excluding tert-OH is 1. The van der Waals surface area contributed by atoms with Crippen molar-refractivity contribution >= 4 is 21.6 Å². The van der Waals surface area contributed by atoms with Gasteiger partial charge in [0.2, 0.25) is 0 Å². The number of anilines is 1. The van der Waals surface area contributed by atoms with Gasteiger partial charge in [-0.1, -0.05) is 0 Å². The van der Waals surface area contributed by atoms with E-state index in [1.807, 2.05) is 0 Å². The Labute approximate surface area is 132 Å². The van der Waals surface area contributed by atoms with E-state index in [0.717, 1.165) is 45.8 Å². The van der Waals surface area contributed by atoms with Crippen LogP contribution in [0.1, 0.15) is 6.42 Å². The molecule has 0 aromatic carbocycles. The molecule has 7 nitrogen and oxygen atoms in total. The Hall–Kier alpha value is -0.960. The standard InChI is InChI=1S/C13H21BrN4O3/c14-12-11(10-16-18(4-7-19)13(12)20)15-2-1-3-17-5-8-21-9-6-17/h10,15,19H,1-9H2. The van der Waals surface area contributed by atoms with Crippen molar-refractivity contribution in [3.8, 4) is 0 Å². The molecule has 0 radical (unpaired) electrons. The lowest BCUT2D eigenvalue weighted by Gasteiger charge is -2.26. The van der Waals surface area contributed by atoms with E-state index in [2.05, 4.69) is 31.2 Å². The molecule has 0 unspecified atom stereocenters. The minimum absolute atomic E-state index is 0.105. The SMILES string of the molecule is O=c1c(Br)c(NCCCN2CCOCC2)cnn1CCO. The highest BCUT2D eigenvalue weighted by Gasteiger charge is 2.10. The Morgan fingerprint density at radius 2 is 2.14 bits per heavy atom. The molecule has 2 rings (SSSR count). The molecular weight excluding hydrogens is 340 g/mol. The zero-order chi connectivity index (χ0) is 15.1. The van der Waals surface area contributed by atoms with Crippen LogP contribution < -0.4 is 10.9 Å². The maximum atomic E-state index is 11.9. The fourth-order valence-corrected chi connectivity index (χ4v) is 2.64. The summed E-state index contributed by atoms with van der Waals surface area (Å²) in [6.07, 6.45) is 2.60. The number of nitrogens with one attached hydrogen (secondary N) is 1. The first-order valence-corrected chi connectivity index (χ1v) is 7.92. The molecular formula is C13H21BrN4O3. The molecule has 118 valence electrons. The van der Waals surface area contributed by atoms with Gasteiger partial charge < -0.3 is 15.2 Å². The van der Waals surface area contributed by atoms with Crippen molar-refractivity contribution in [3.63, 3.8) is 0 Å². The fraction of sp³-hybridized carbons (Fsp3) is 0.692. The van der Waals surface area contributed by atoms with Gasteiger partial charge in [0.25, 0.3) is 5.56 Å². The van der Waals surface area contributed by atoms with Gasteiger partial charge in [0.05, 0.1) is 38.2 Å². The summed E-state index contributed by atoms with van der Waals surface area (Å²) in [6, 6.07) is 0. The predicted octanol–water partition coefficient (Wildman–Crippen LogP) is 0.132. The second-order valence-electron chi connectivity index (χ2n) is 4.86. The average molecular weight is 361 g/mol. The molecule has 0 saturated carbocycles. The van der Waals surface area contributed by atoms with E-state index in [1.54, 1.807) is 6.20 Å². The molecule has 1 aliphatic rings. The van der Waals surface area contributed by atoms with E-state index < -0.39 is 0 Å². The van der Waals surface area contributed by atoms with Crippen molar-refractivity contribution in [3.05, 3.63) is 21.0 Å². The number of nitrogens with zero attached hydrogens (tertiary/aromatic N) is 3. The van der Waals surface area contributed by atoms with E-state index in [0.29, 0.717) is 10.2 Å². The smallest absolute Gasteiger partial charge is 0.283 e. The lowest BCUT2D eigenvalue weighted by molar-refractivity contribution is 0.0378. The van der Waals surface area contributed by atoms with Crippen LogP contribution in [0, 0.1) is 0 Å². The van der Waals surface area contributed by atoms with Gasteiger partial charge in [-0.3, -0.25) is 9.69 Å². The van der Waals surface area contributed by atoms with Crippen LogP contribution in [-0.2, 0) is 11.3 Å². The van der Waals surface area contributed by atoms with Crippen LogP contribution in [0.4, 0.5) is 5.69 Å². The lowest BCUT2D eigenvalue weighted by Crippen LogP contribution is -2.37. The number of hydrogen-bond donors (Lipinski definition) is 2. The third-order valence-corrected chi connectivity index (χ3v) is 4.13. The second-order valence-corrected chi connectivity index (χ2v) is 5.65. The molecule has 0 amide bonds. The molecule has 0 spiro atoms. The van der Waals surface area contributed by atoms with E-state index in [-0.39, 0.29) is 18.7 Å². The van der Waals surface area contributed by atoms with Gasteiger partial charge in [0.15, 0.2) is 0 Å². The van der Waals surface area contributed by atoms with E-state index >= 15 is 0 Å². The minimum atomic E-state index is -0.234. The van der Waals surface area contributed by atoms with E-state index in [9.17, 15) is 4.79 Å². The van der Waals surface area contributed by atoms with Crippen LogP contribution in [0.25, 0.3) is 0 Å². The van der Waals surface area contributed by atoms with Gasteiger partial charge in [-0.25, -0.2) is 4.68 Å². The van der Waals surface area contributed by atoms with Gasteiger partial charge in [-0.05, 0) is 28.9 Å². The summed E-state index contributed by atoms with van der Waals surface area (Å²) in [5, 5.41) is 16.1. The number of aliphatic hydroxyl groups is 1. The Bertz CT molecular complexity index is 503. The summed E-state index contributed by atoms with van der Waals surface area (Å²) in [6.45, 7) is 5.49. The molecule has 1 saturated heterocycles. The number of rotatable bonds is 7. The fourth-order valence-electron chi connectivity index (χ4n) is 2.19. The molecule has 1 aromatic rings. The maximum absolute atomic E-state index is 11.9. The van der Waals surface area contributed by atoms with Crippen LogP contribution in [-0.4, -0.2) is 65.8 Å². The number of ether oxygens (including phenoxy) is 1. The molecule has 0 atom stereocenters. The van der Waals surface area contributed by atoms with Gasteiger partial charge in [-0.15, -0.1) is 0 Å². The zero-order valence-electron chi connectivity index (χ0n) is 11.9. The molecule has 2 heterocycles. The largest absolute Gasteiger partial charge is 0.394 e. The molecule has 1 fully saturated rings. The molecule has 1 aromatic heterocycles. The second kappa shape index (κ2) is 8.47. The molecule has 0 aliphatic carbocycles. The molecule has 1 aliphatic heterocycles. The third kappa shape index (κ3) is 4.77. The van der Waals surface area contributed by atoms with Crippen LogP contribution in [0.15, 0.2) is 15.5 Å². The first kappa shape index (κ1) is 16.4. The molecule has 21 heavy (non-hydrogen) atoms. The van der Waals surface area contributed by atoms with Crippen molar-refractivity contribution < 1.29 is 9.84 Å². The summed E-state index contributed by atoms with van der Waals surface area (Å²) in [7, 11) is 0. The van der Waals surface area contributed by atoms with Crippen LogP contribution in [0.3, 0.4) is 0 Å². The highest BCUT2D eigenvalue weighted by molar-refractivity contribution is 9.10. The molecule has 8 heteroatoms. The predicted molar refractivity (Wildman–Crippen MR) is 83.6 cm³/mol. The van der Waals surface area contributed by atoms with Crippen LogP contribution >= 0.6 is 15.9 Å². The maximum Gasteiger partial charge on any atom is 0.283 e. The minimum Gasteiger partial charge on any atom is -0.394 e. The quantitative estimate of drug-likeness (QED) is 0.673. The summed E-state index contributed by atoms with van der Waals surface area (Å²) in [5.74, 6) is 0. The van der Waals surface area contributed by atoms with Crippen molar-refractivity contribution in [2.24, 2.45) is 0 Å². The number of halogens is 1. The summed E-state index contributed by atoms with van der Waals surface area (Å²) in [5.41, 5.74) is 0.457. The average Bonchev–Trinajstić information content (AvgIpc) is 2.51. The van der Waals surface area contributed by atoms with Crippen molar-refractivity contribution in [1.82, 2.24) is 14.7 Å². The van der Waals surface area contributed by atoms with Crippen LogP contribution in [0.5, 0.6) is 0 Å². The van der Waals surface area contributed by atoms with Gasteiger partial charge in [-0.2, -0.15) is 5.10 Å². The van der Waals surface area contributed by atoms with E-state index in [1.165, 1.54) is 4.68 Å². The normalized spacial score (nSPS) is 16.1. The summed E-state index contributed by atoms with van der Waals surface area (Å²) < 4.78 is 7.00. The Kier molecular flexibility index (Phi) is 6.62. The summed E-state index contributed by atoms with van der Waals surface area (Å²) in [4.78, 5) is 14.3. The van der Waals surface area contributed by atoms with Gasteiger partial charge in [0, 0.05) is 19.6 Å². The van der Waals surface area contributed by atoms with Crippen LogP contribution in [0.2, 0.25) is 0 Å². The first-order chi connectivity index (χ1) is 10.2. The number of morpholine rings is 1. The monoisotopic (exact) mass is 360 g/mol. The molecule has 0 bridgehead atoms. The topological polar surface area (TPSA) is 79.6 Å². The van der Waals surface area contributed by atoms with Crippen molar-refractivity contribution in [2.45, 2.75) is 13.0 Å². The van der Waals surface area contributed by atoms with Gasteiger partial charge in [0.1, 0.15) is 4.47 Å². The highest BCUT2D eigenvalue weighted by Crippen LogP contribution is 2.15. The molecule has 2 N–H and O–H groups in total. The first-order valence-electron chi connectivity index (χ1n) is 7.13. The number of hydrogen-bond acceptors (Lipinski definition) is 6. The number of aromatic nitrogens is 2. The van der Waals surface area contributed by atoms with Gasteiger partial charge >= 0.3 is 0 Å². The Morgan fingerprint density at radius 3 is 2.86 bits per heavy atom. The Balaban J connectivity index is 1.80. The summed E-state index contributed by atoms with van der Waals surface area (Å²) >= 11 is 3.29.